The van der Waals surface area contributed by atoms with Crippen molar-refractivity contribution in [2.75, 3.05) is 95.0 Å². The van der Waals surface area contributed by atoms with Crippen LogP contribution < -0.4 is 0 Å². The molecular formula is C22H42O8S7. The van der Waals surface area contributed by atoms with Gasteiger partial charge in [-0.2, -0.15) is 35.3 Å². The highest BCUT2D eigenvalue weighted by atomic mass is 32.2. The highest BCUT2D eigenvalue weighted by Crippen LogP contribution is 2.14. The van der Waals surface area contributed by atoms with Crippen molar-refractivity contribution in [3.05, 3.63) is 0 Å². The van der Waals surface area contributed by atoms with Crippen molar-refractivity contribution in [2.24, 2.45) is 0 Å². The van der Waals surface area contributed by atoms with E-state index in [9.17, 15) is 13.8 Å². The van der Waals surface area contributed by atoms with Crippen molar-refractivity contribution >= 4 is 92.5 Å². The number of esters is 1. The molecule has 0 amide bonds. The molecule has 0 bridgehead atoms. The summed E-state index contributed by atoms with van der Waals surface area (Å²) in [7, 11) is -0.818. The average Bonchev–Trinajstić information content (AvgIpc) is 2.89. The van der Waals surface area contributed by atoms with Gasteiger partial charge in [0.25, 0.3) is 0 Å². The molecule has 0 saturated carbocycles. The minimum atomic E-state index is -0.818. The van der Waals surface area contributed by atoms with Crippen molar-refractivity contribution in [1.29, 1.82) is 0 Å². The first-order chi connectivity index (χ1) is 18.1. The normalized spacial score (nSPS) is 12.1. The first-order valence-electron chi connectivity index (χ1n) is 12.1. The van der Waals surface area contributed by atoms with Gasteiger partial charge in [0.2, 0.25) is 0 Å². The molecule has 0 radical (unpaired) electrons. The molecule has 0 aromatic rings. The van der Waals surface area contributed by atoms with Crippen LogP contribution in [-0.2, 0) is 34.9 Å². The van der Waals surface area contributed by atoms with Crippen LogP contribution in [0.5, 0.6) is 0 Å². The fraction of sp³-hybridized carbons (Fsp3) is 0.909. The molecule has 0 saturated heterocycles. The maximum atomic E-state index is 12.1. The Morgan fingerprint density at radius 2 is 1.27 bits per heavy atom. The van der Waals surface area contributed by atoms with Crippen molar-refractivity contribution in [3.8, 4) is 0 Å². The SMILES string of the molecule is O=C(CCSCCCS(=O)CCSCCSC(=O)CCSCCCOOCCSCO)OCCSCO. The predicted molar refractivity (Wildman–Crippen MR) is 168 cm³/mol. The number of rotatable bonds is 29. The number of aliphatic hydroxyl groups is 2. The quantitative estimate of drug-likeness (QED) is 0.0400. The number of hydrogen-bond acceptors (Lipinski definition) is 14. The third-order valence-electron chi connectivity index (χ3n) is 4.09. The molecule has 2 N–H and O–H groups in total. The van der Waals surface area contributed by atoms with Gasteiger partial charge in [0.15, 0.2) is 5.12 Å². The lowest BCUT2D eigenvalue weighted by molar-refractivity contribution is -0.289. The summed E-state index contributed by atoms with van der Waals surface area (Å²) >= 11 is 9.27. The van der Waals surface area contributed by atoms with Gasteiger partial charge in [0.1, 0.15) is 6.61 Å². The third kappa shape index (κ3) is 31.6. The zero-order chi connectivity index (χ0) is 27.2. The van der Waals surface area contributed by atoms with Crippen molar-refractivity contribution in [3.63, 3.8) is 0 Å². The van der Waals surface area contributed by atoms with Crippen LogP contribution in [-0.4, -0.2) is 120 Å². The van der Waals surface area contributed by atoms with Crippen LogP contribution in [0, 0.1) is 0 Å². The molecule has 0 aromatic heterocycles. The van der Waals surface area contributed by atoms with E-state index in [1.165, 1.54) is 35.3 Å². The molecule has 0 fully saturated rings. The highest BCUT2D eigenvalue weighted by Gasteiger charge is 2.05. The second-order valence-corrected chi connectivity index (χ2v) is 15.7. The van der Waals surface area contributed by atoms with Gasteiger partial charge >= 0.3 is 5.97 Å². The van der Waals surface area contributed by atoms with Crippen LogP contribution >= 0.6 is 70.6 Å². The van der Waals surface area contributed by atoms with Gasteiger partial charge in [-0.05, 0) is 24.3 Å². The molecular weight excluding hydrogens is 617 g/mol. The summed E-state index contributed by atoms with van der Waals surface area (Å²) in [6.07, 6.45) is 2.70. The van der Waals surface area contributed by atoms with Gasteiger partial charge in [-0.25, -0.2) is 9.78 Å². The first kappa shape index (κ1) is 38.2. The van der Waals surface area contributed by atoms with Crippen molar-refractivity contribution in [2.45, 2.75) is 25.7 Å². The minimum Gasteiger partial charge on any atom is -0.465 e. The topological polar surface area (TPSA) is 119 Å². The summed E-state index contributed by atoms with van der Waals surface area (Å²) in [5.41, 5.74) is 0. The maximum Gasteiger partial charge on any atom is 0.306 e. The lowest BCUT2D eigenvalue weighted by Gasteiger charge is -2.05. The monoisotopic (exact) mass is 658 g/mol. The van der Waals surface area contributed by atoms with Gasteiger partial charge in [-0.15, -0.1) is 23.5 Å². The van der Waals surface area contributed by atoms with Crippen molar-refractivity contribution in [1.82, 2.24) is 0 Å². The van der Waals surface area contributed by atoms with Crippen LogP contribution in [0.3, 0.4) is 0 Å². The smallest absolute Gasteiger partial charge is 0.306 e. The summed E-state index contributed by atoms with van der Waals surface area (Å²) in [5, 5.41) is 17.5. The molecule has 1 atom stereocenters. The Balaban J connectivity index is 3.34. The Morgan fingerprint density at radius 1 is 0.622 bits per heavy atom. The average molecular weight is 659 g/mol. The van der Waals surface area contributed by atoms with Crippen LogP contribution in [0.4, 0.5) is 0 Å². The number of aliphatic hydroxyl groups excluding tert-OH is 2. The van der Waals surface area contributed by atoms with Gasteiger partial charge in [0.05, 0.1) is 31.5 Å². The molecule has 37 heavy (non-hydrogen) atoms. The fourth-order valence-electron chi connectivity index (χ4n) is 2.33. The number of ether oxygens (including phenoxy) is 1. The van der Waals surface area contributed by atoms with Crippen LogP contribution in [0.15, 0.2) is 0 Å². The highest BCUT2D eigenvalue weighted by molar-refractivity contribution is 8.14. The fourth-order valence-corrected chi connectivity index (χ4v) is 8.37. The summed E-state index contributed by atoms with van der Waals surface area (Å²) in [6.45, 7) is 1.34. The first-order valence-corrected chi connectivity index (χ1v) is 20.4. The maximum absolute atomic E-state index is 12.1. The van der Waals surface area contributed by atoms with E-state index < -0.39 is 10.8 Å². The number of thioether (sulfide) groups is 6. The van der Waals surface area contributed by atoms with E-state index in [1.54, 1.807) is 35.3 Å². The Hall–Kier alpha value is 1.23. The van der Waals surface area contributed by atoms with E-state index in [-0.39, 0.29) is 23.0 Å². The van der Waals surface area contributed by atoms with Crippen LogP contribution in [0.2, 0.25) is 0 Å². The second kappa shape index (κ2) is 31.8. The molecule has 0 aliphatic carbocycles. The zero-order valence-corrected chi connectivity index (χ0v) is 27.1. The second-order valence-electron chi connectivity index (χ2n) is 7.05. The Kier molecular flexibility index (Phi) is 32.8. The van der Waals surface area contributed by atoms with Crippen molar-refractivity contribution < 1.29 is 38.5 Å². The number of carbonyl (C=O) groups is 2. The van der Waals surface area contributed by atoms with E-state index in [1.807, 2.05) is 0 Å². The molecule has 1 unspecified atom stereocenters. The Bertz CT molecular complexity index is 561. The minimum absolute atomic E-state index is 0.0387. The number of carbonyl (C=O) groups excluding carboxylic acids is 2. The molecule has 0 aliphatic rings. The summed E-state index contributed by atoms with van der Waals surface area (Å²) in [4.78, 5) is 33.5. The summed E-state index contributed by atoms with van der Waals surface area (Å²) in [6, 6.07) is 0. The standard InChI is InChI=1S/C22H42O8S7/c23-19-34-12-6-28-21(25)3-10-32-9-2-17-37(27)18-16-33-14-15-36-22(26)4-11-31-8-1-5-29-30-7-13-35-20-24/h23-24H,1-20H2. The lowest BCUT2D eigenvalue weighted by Crippen LogP contribution is -2.09. The van der Waals surface area contributed by atoms with E-state index in [0.29, 0.717) is 61.4 Å². The molecule has 0 aliphatic heterocycles. The predicted octanol–water partition coefficient (Wildman–Crippen LogP) is 3.61. The van der Waals surface area contributed by atoms with Gasteiger partial charge in [-0.3, -0.25) is 13.8 Å². The third-order valence-corrected chi connectivity index (χ3v) is 11.3. The van der Waals surface area contributed by atoms with Crippen LogP contribution in [0.25, 0.3) is 0 Å². The Morgan fingerprint density at radius 3 is 2.03 bits per heavy atom. The van der Waals surface area contributed by atoms with Gasteiger partial charge in [-0.1, -0.05) is 11.8 Å². The molecule has 0 rings (SSSR count). The largest absolute Gasteiger partial charge is 0.465 e. The molecule has 15 heteroatoms. The molecule has 0 spiro atoms. The van der Waals surface area contributed by atoms with E-state index in [0.717, 1.165) is 47.4 Å². The van der Waals surface area contributed by atoms with E-state index in [4.69, 9.17) is 24.7 Å². The molecule has 8 nitrogen and oxygen atoms in total. The van der Waals surface area contributed by atoms with E-state index >= 15 is 0 Å². The van der Waals surface area contributed by atoms with Gasteiger partial charge < -0.3 is 14.9 Å². The Labute approximate surface area is 250 Å². The summed E-state index contributed by atoms with van der Waals surface area (Å²) in [5.74, 6) is 8.47. The molecule has 0 heterocycles. The summed E-state index contributed by atoms with van der Waals surface area (Å²) < 4.78 is 17.1. The van der Waals surface area contributed by atoms with Crippen LogP contribution in [0.1, 0.15) is 25.7 Å². The molecule has 220 valence electrons. The lowest BCUT2D eigenvalue weighted by atomic mass is 10.5. The van der Waals surface area contributed by atoms with E-state index in [2.05, 4.69) is 0 Å². The molecule has 0 aromatic carbocycles. The number of hydrogen-bond donors (Lipinski definition) is 2. The van der Waals surface area contributed by atoms with Gasteiger partial charge in [0, 0.05) is 69.0 Å². The zero-order valence-electron chi connectivity index (χ0n) is 21.3.